The van der Waals surface area contributed by atoms with Crippen LogP contribution in [0.3, 0.4) is 0 Å². The molecule has 3 rings (SSSR count). The van der Waals surface area contributed by atoms with E-state index in [1.807, 2.05) is 55.5 Å². The zero-order chi connectivity index (χ0) is 12.5. The Hall–Kier alpha value is -1.45. The lowest BCUT2D eigenvalue weighted by Gasteiger charge is -2.07. The summed E-state index contributed by atoms with van der Waals surface area (Å²) in [6.45, 7) is 2.76. The van der Waals surface area contributed by atoms with Crippen molar-refractivity contribution in [3.63, 3.8) is 0 Å². The van der Waals surface area contributed by atoms with Crippen LogP contribution in [0.5, 0.6) is 0 Å². The van der Waals surface area contributed by atoms with Crippen LogP contribution in [0.1, 0.15) is 17.2 Å². The topological polar surface area (TPSA) is 29.6 Å². The zero-order valence-electron chi connectivity index (χ0n) is 10.1. The van der Waals surface area contributed by atoms with Crippen LogP contribution in [-0.2, 0) is 15.5 Å². The van der Waals surface area contributed by atoms with Gasteiger partial charge in [-0.25, -0.2) is 4.21 Å². The van der Waals surface area contributed by atoms with Gasteiger partial charge in [-0.2, -0.15) is 0 Å². The first-order valence-electron chi connectivity index (χ1n) is 5.94. The predicted octanol–water partition coefficient (Wildman–Crippen LogP) is 3.23. The van der Waals surface area contributed by atoms with Gasteiger partial charge in [-0.05, 0) is 30.7 Å². The molecule has 0 amide bonds. The van der Waals surface area contributed by atoms with E-state index in [1.54, 1.807) is 0 Å². The second kappa shape index (κ2) is 4.67. The summed E-state index contributed by atoms with van der Waals surface area (Å²) in [6, 6.07) is 15.6. The lowest BCUT2D eigenvalue weighted by Crippen LogP contribution is -1.97. The molecule has 0 saturated carbocycles. The van der Waals surface area contributed by atoms with Crippen LogP contribution in [0, 0.1) is 6.92 Å². The minimum atomic E-state index is -1.13. The average Bonchev–Trinajstić information content (AvgIpc) is 3.23. The molecule has 0 bridgehead atoms. The Balaban J connectivity index is 1.99. The minimum absolute atomic E-state index is 0.135. The van der Waals surface area contributed by atoms with E-state index in [0.717, 1.165) is 22.0 Å². The van der Waals surface area contributed by atoms with Crippen molar-refractivity contribution in [1.82, 2.24) is 0 Å². The van der Waals surface area contributed by atoms with E-state index in [1.165, 1.54) is 5.56 Å². The maximum Gasteiger partial charge on any atom is 0.107 e. The van der Waals surface area contributed by atoms with Crippen LogP contribution >= 0.6 is 0 Å². The molecule has 2 aromatic rings. The first-order chi connectivity index (χ1) is 8.75. The summed E-state index contributed by atoms with van der Waals surface area (Å²) in [7, 11) is -1.13. The molecule has 92 valence electrons. The fraction of sp³-hybridized carbons (Fsp3) is 0.200. The molecule has 2 atom stereocenters. The van der Waals surface area contributed by atoms with Gasteiger partial charge < -0.3 is 4.74 Å². The molecule has 0 aromatic heterocycles. The Morgan fingerprint density at radius 2 is 1.78 bits per heavy atom. The Labute approximate surface area is 109 Å². The number of ether oxygens (including phenoxy) is 1. The lowest BCUT2D eigenvalue weighted by atomic mass is 10.2. The molecule has 1 aliphatic heterocycles. The molecule has 0 N–H and O–H groups in total. The fourth-order valence-electron chi connectivity index (χ4n) is 1.93. The molecule has 0 spiro atoms. The SMILES string of the molecule is Cc1ccc(S(=O)c2ccccc2[C@@H]2CO2)cc1. The maximum atomic E-state index is 12.6. The molecule has 2 nitrogen and oxygen atoms in total. The summed E-state index contributed by atoms with van der Waals surface area (Å²) in [5.41, 5.74) is 2.23. The van der Waals surface area contributed by atoms with Crippen LogP contribution in [-0.4, -0.2) is 10.8 Å². The Morgan fingerprint density at radius 1 is 1.11 bits per heavy atom. The molecule has 0 aliphatic carbocycles. The molecule has 3 heteroatoms. The number of benzene rings is 2. The highest BCUT2D eigenvalue weighted by Gasteiger charge is 2.28. The smallest absolute Gasteiger partial charge is 0.107 e. The largest absolute Gasteiger partial charge is 0.368 e. The van der Waals surface area contributed by atoms with E-state index in [2.05, 4.69) is 0 Å². The van der Waals surface area contributed by atoms with E-state index < -0.39 is 10.8 Å². The first kappa shape index (κ1) is 11.6. The van der Waals surface area contributed by atoms with Crippen molar-refractivity contribution >= 4 is 10.8 Å². The zero-order valence-corrected chi connectivity index (χ0v) is 10.9. The standard InChI is InChI=1S/C15H14O2S/c1-11-6-8-12(9-7-11)18(16)15-5-3-2-4-13(15)14-10-17-14/h2-9,14H,10H2,1H3/t14-,18?/m0/s1. The number of hydrogen-bond acceptors (Lipinski definition) is 2. The third-order valence-corrected chi connectivity index (χ3v) is 4.51. The predicted molar refractivity (Wildman–Crippen MR) is 71.0 cm³/mol. The van der Waals surface area contributed by atoms with Gasteiger partial charge in [-0.15, -0.1) is 0 Å². The second-order valence-electron chi connectivity index (χ2n) is 4.44. The van der Waals surface area contributed by atoms with E-state index >= 15 is 0 Å². The van der Waals surface area contributed by atoms with Crippen LogP contribution in [0.2, 0.25) is 0 Å². The van der Waals surface area contributed by atoms with Gasteiger partial charge in [-0.3, -0.25) is 0 Å². The lowest BCUT2D eigenvalue weighted by molar-refractivity contribution is 0.413. The molecule has 1 fully saturated rings. The molecule has 0 radical (unpaired) electrons. The Kier molecular flexibility index (Phi) is 3.02. The number of aryl methyl sites for hydroxylation is 1. The van der Waals surface area contributed by atoms with Crippen LogP contribution in [0.15, 0.2) is 58.3 Å². The van der Waals surface area contributed by atoms with Crippen LogP contribution in [0.4, 0.5) is 0 Å². The molecule has 1 saturated heterocycles. The number of epoxide rings is 1. The summed E-state index contributed by atoms with van der Waals surface area (Å²) < 4.78 is 17.9. The average molecular weight is 258 g/mol. The van der Waals surface area contributed by atoms with Crippen molar-refractivity contribution in [3.8, 4) is 0 Å². The number of rotatable bonds is 3. The first-order valence-corrected chi connectivity index (χ1v) is 7.09. The summed E-state index contributed by atoms with van der Waals surface area (Å²) in [4.78, 5) is 1.71. The summed E-state index contributed by atoms with van der Waals surface area (Å²) in [5.74, 6) is 0. The van der Waals surface area contributed by atoms with Crippen LogP contribution < -0.4 is 0 Å². The van der Waals surface area contributed by atoms with Gasteiger partial charge in [0.2, 0.25) is 0 Å². The normalized spacial score (nSPS) is 19.5. The maximum absolute atomic E-state index is 12.6. The Morgan fingerprint density at radius 3 is 2.44 bits per heavy atom. The Bertz CT molecular complexity index is 586. The summed E-state index contributed by atoms with van der Waals surface area (Å²) in [6.07, 6.45) is 0.135. The highest BCUT2D eigenvalue weighted by atomic mass is 32.2. The van der Waals surface area contributed by atoms with Crippen molar-refractivity contribution in [2.75, 3.05) is 6.61 Å². The molecule has 18 heavy (non-hydrogen) atoms. The number of hydrogen-bond donors (Lipinski definition) is 0. The van der Waals surface area contributed by atoms with E-state index in [9.17, 15) is 4.21 Å². The van der Waals surface area contributed by atoms with Crippen molar-refractivity contribution < 1.29 is 8.95 Å². The van der Waals surface area contributed by atoms with Gasteiger partial charge in [0.15, 0.2) is 0 Å². The third-order valence-electron chi connectivity index (χ3n) is 3.03. The minimum Gasteiger partial charge on any atom is -0.368 e. The molecule has 1 unspecified atom stereocenters. The van der Waals surface area contributed by atoms with Crippen molar-refractivity contribution in [1.29, 1.82) is 0 Å². The van der Waals surface area contributed by atoms with Crippen molar-refractivity contribution in [2.45, 2.75) is 22.8 Å². The van der Waals surface area contributed by atoms with Crippen molar-refractivity contribution in [3.05, 3.63) is 59.7 Å². The summed E-state index contributed by atoms with van der Waals surface area (Å²) in [5, 5.41) is 0. The van der Waals surface area contributed by atoms with Gasteiger partial charge in [0.25, 0.3) is 0 Å². The van der Waals surface area contributed by atoms with Crippen LogP contribution in [0.25, 0.3) is 0 Å². The van der Waals surface area contributed by atoms with E-state index in [-0.39, 0.29) is 6.10 Å². The molecular formula is C15H14O2S. The highest BCUT2D eigenvalue weighted by Crippen LogP contribution is 2.34. The molecule has 1 heterocycles. The van der Waals surface area contributed by atoms with Gasteiger partial charge in [0, 0.05) is 9.79 Å². The second-order valence-corrected chi connectivity index (χ2v) is 5.89. The van der Waals surface area contributed by atoms with Gasteiger partial charge in [-0.1, -0.05) is 35.9 Å². The molecule has 1 aliphatic rings. The molecule has 2 aromatic carbocycles. The summed E-state index contributed by atoms with van der Waals surface area (Å²) >= 11 is 0. The van der Waals surface area contributed by atoms with Crippen molar-refractivity contribution in [2.24, 2.45) is 0 Å². The highest BCUT2D eigenvalue weighted by molar-refractivity contribution is 7.85. The van der Waals surface area contributed by atoms with E-state index in [4.69, 9.17) is 4.74 Å². The fourth-order valence-corrected chi connectivity index (χ4v) is 3.18. The third kappa shape index (κ3) is 2.24. The van der Waals surface area contributed by atoms with E-state index in [0.29, 0.717) is 0 Å². The van der Waals surface area contributed by atoms with Gasteiger partial charge in [0.05, 0.1) is 17.4 Å². The molecular weight excluding hydrogens is 244 g/mol. The van der Waals surface area contributed by atoms with Gasteiger partial charge in [0.1, 0.15) is 6.10 Å². The quantitative estimate of drug-likeness (QED) is 0.791. The van der Waals surface area contributed by atoms with Gasteiger partial charge >= 0.3 is 0 Å². The monoisotopic (exact) mass is 258 g/mol.